The summed E-state index contributed by atoms with van der Waals surface area (Å²) in [5.74, 6) is 0.567. The molecule has 0 bridgehead atoms. The quantitative estimate of drug-likeness (QED) is 0.894. The fourth-order valence-corrected chi connectivity index (χ4v) is 2.77. The molecule has 0 aromatic heterocycles. The van der Waals surface area contributed by atoms with Gasteiger partial charge in [0, 0.05) is 18.0 Å². The Labute approximate surface area is 106 Å². The number of ether oxygens (including phenoxy) is 2. The van der Waals surface area contributed by atoms with Crippen LogP contribution in [0.1, 0.15) is 24.8 Å². The number of hydrogen-bond donors (Lipinski definition) is 1. The highest BCUT2D eigenvalue weighted by molar-refractivity contribution is 5.37. The molecular formula is C14H18FNO2. The number of nitrogens with two attached hydrogens (primary N) is 1. The van der Waals surface area contributed by atoms with Crippen LogP contribution in [0.5, 0.6) is 5.75 Å². The van der Waals surface area contributed by atoms with Crippen molar-refractivity contribution in [2.75, 3.05) is 6.61 Å². The molecule has 2 N–H and O–H groups in total. The van der Waals surface area contributed by atoms with Crippen molar-refractivity contribution in [3.05, 3.63) is 29.6 Å². The minimum atomic E-state index is -0.211. The van der Waals surface area contributed by atoms with E-state index in [1.165, 1.54) is 12.1 Å². The molecule has 1 aliphatic heterocycles. The molecule has 3 atom stereocenters. The summed E-state index contributed by atoms with van der Waals surface area (Å²) >= 11 is 0. The molecule has 0 amide bonds. The first-order valence-corrected chi connectivity index (χ1v) is 6.54. The van der Waals surface area contributed by atoms with Gasteiger partial charge in [-0.15, -0.1) is 0 Å². The van der Waals surface area contributed by atoms with Gasteiger partial charge in [-0.1, -0.05) is 0 Å². The zero-order valence-corrected chi connectivity index (χ0v) is 10.3. The van der Waals surface area contributed by atoms with Crippen LogP contribution in [0.4, 0.5) is 4.39 Å². The molecule has 1 heterocycles. The minimum Gasteiger partial charge on any atom is -0.487 e. The van der Waals surface area contributed by atoms with Gasteiger partial charge in [-0.3, -0.25) is 0 Å². The summed E-state index contributed by atoms with van der Waals surface area (Å²) in [7, 11) is 0. The Morgan fingerprint density at radius 3 is 3.06 bits per heavy atom. The third-order valence-corrected chi connectivity index (χ3v) is 3.76. The van der Waals surface area contributed by atoms with Crippen LogP contribution in [-0.4, -0.2) is 24.9 Å². The Bertz CT molecular complexity index is 438. The Kier molecular flexibility index (Phi) is 3.22. The monoisotopic (exact) mass is 251 g/mol. The maximum absolute atomic E-state index is 13.1. The molecule has 1 aromatic rings. The van der Waals surface area contributed by atoms with Crippen LogP contribution in [-0.2, 0) is 11.2 Å². The van der Waals surface area contributed by atoms with Gasteiger partial charge >= 0.3 is 0 Å². The summed E-state index contributed by atoms with van der Waals surface area (Å²) in [6.07, 6.45) is 4.10. The molecule has 1 fully saturated rings. The first-order valence-electron chi connectivity index (χ1n) is 6.54. The molecule has 0 radical (unpaired) electrons. The van der Waals surface area contributed by atoms with E-state index in [-0.39, 0.29) is 24.1 Å². The molecule has 4 heteroatoms. The van der Waals surface area contributed by atoms with E-state index < -0.39 is 0 Å². The van der Waals surface area contributed by atoms with E-state index >= 15 is 0 Å². The lowest BCUT2D eigenvalue weighted by molar-refractivity contribution is 0.00342. The maximum atomic E-state index is 13.1. The lowest BCUT2D eigenvalue weighted by atomic mass is 10.1. The molecule has 1 saturated carbocycles. The summed E-state index contributed by atoms with van der Waals surface area (Å²) in [5, 5.41) is 0. The van der Waals surface area contributed by atoms with Crippen molar-refractivity contribution >= 4 is 0 Å². The van der Waals surface area contributed by atoms with Crippen molar-refractivity contribution < 1.29 is 13.9 Å². The first kappa shape index (κ1) is 11.9. The van der Waals surface area contributed by atoms with Crippen LogP contribution >= 0.6 is 0 Å². The molecule has 98 valence electrons. The Balaban J connectivity index is 1.54. The topological polar surface area (TPSA) is 44.5 Å². The summed E-state index contributed by atoms with van der Waals surface area (Å²) in [4.78, 5) is 0. The smallest absolute Gasteiger partial charge is 0.126 e. The lowest BCUT2D eigenvalue weighted by Crippen LogP contribution is -2.34. The predicted octanol–water partition coefficient (Wildman–Crippen LogP) is 2.03. The van der Waals surface area contributed by atoms with E-state index in [1.54, 1.807) is 6.07 Å². The highest BCUT2D eigenvalue weighted by Crippen LogP contribution is 2.30. The van der Waals surface area contributed by atoms with E-state index in [0.717, 1.165) is 37.0 Å². The second-order valence-electron chi connectivity index (χ2n) is 5.16. The van der Waals surface area contributed by atoms with E-state index in [0.29, 0.717) is 6.61 Å². The average molecular weight is 251 g/mol. The molecule has 0 saturated heterocycles. The van der Waals surface area contributed by atoms with Crippen LogP contribution < -0.4 is 10.5 Å². The van der Waals surface area contributed by atoms with Gasteiger partial charge in [0.2, 0.25) is 0 Å². The highest BCUT2D eigenvalue weighted by Gasteiger charge is 2.28. The summed E-state index contributed by atoms with van der Waals surface area (Å²) in [6, 6.07) is 4.81. The van der Waals surface area contributed by atoms with E-state index in [4.69, 9.17) is 15.2 Å². The van der Waals surface area contributed by atoms with E-state index in [9.17, 15) is 4.39 Å². The van der Waals surface area contributed by atoms with Crippen LogP contribution in [0.15, 0.2) is 18.2 Å². The van der Waals surface area contributed by atoms with Crippen LogP contribution in [0.3, 0.4) is 0 Å². The number of benzene rings is 1. The van der Waals surface area contributed by atoms with Gasteiger partial charge in [0.15, 0.2) is 0 Å². The average Bonchev–Trinajstić information content (AvgIpc) is 2.92. The normalized spacial score (nSPS) is 30.2. The molecule has 18 heavy (non-hydrogen) atoms. The lowest BCUT2D eigenvalue weighted by Gasteiger charge is -2.19. The predicted molar refractivity (Wildman–Crippen MR) is 66.1 cm³/mol. The fourth-order valence-electron chi connectivity index (χ4n) is 2.77. The van der Waals surface area contributed by atoms with Crippen LogP contribution in [0.2, 0.25) is 0 Å². The van der Waals surface area contributed by atoms with Gasteiger partial charge in [0.25, 0.3) is 0 Å². The molecule has 3 rings (SSSR count). The molecule has 1 aromatic carbocycles. The molecule has 2 aliphatic rings. The summed E-state index contributed by atoms with van der Waals surface area (Å²) in [6.45, 7) is 0.536. The van der Waals surface area contributed by atoms with Gasteiger partial charge in [-0.25, -0.2) is 4.39 Å². The zero-order valence-electron chi connectivity index (χ0n) is 10.3. The summed E-state index contributed by atoms with van der Waals surface area (Å²) in [5.41, 5.74) is 6.88. The van der Waals surface area contributed by atoms with Crippen molar-refractivity contribution in [3.8, 4) is 5.75 Å². The van der Waals surface area contributed by atoms with E-state index in [1.807, 2.05) is 0 Å². The fraction of sp³-hybridized carbons (Fsp3) is 0.571. The van der Waals surface area contributed by atoms with Gasteiger partial charge in [-0.05, 0) is 37.5 Å². The van der Waals surface area contributed by atoms with Crippen LogP contribution in [0, 0.1) is 5.82 Å². The largest absolute Gasteiger partial charge is 0.487 e. The highest BCUT2D eigenvalue weighted by atomic mass is 19.1. The van der Waals surface area contributed by atoms with Crippen molar-refractivity contribution in [1.82, 2.24) is 0 Å². The number of rotatable bonds is 3. The summed E-state index contributed by atoms with van der Waals surface area (Å²) < 4.78 is 24.6. The second-order valence-corrected chi connectivity index (χ2v) is 5.16. The maximum Gasteiger partial charge on any atom is 0.126 e. The Morgan fingerprint density at radius 1 is 1.39 bits per heavy atom. The third-order valence-electron chi connectivity index (χ3n) is 3.76. The molecule has 0 spiro atoms. The van der Waals surface area contributed by atoms with Crippen molar-refractivity contribution in [1.29, 1.82) is 0 Å². The minimum absolute atomic E-state index is 0.00500. The van der Waals surface area contributed by atoms with Crippen molar-refractivity contribution in [2.45, 2.75) is 43.9 Å². The van der Waals surface area contributed by atoms with Crippen molar-refractivity contribution in [3.63, 3.8) is 0 Å². The van der Waals surface area contributed by atoms with Crippen LogP contribution in [0.25, 0.3) is 0 Å². The third kappa shape index (κ3) is 2.35. The molecular weight excluding hydrogens is 233 g/mol. The number of fused-ring (bicyclic) bond motifs is 1. The van der Waals surface area contributed by atoms with E-state index in [2.05, 4.69) is 0 Å². The van der Waals surface area contributed by atoms with Gasteiger partial charge in [0.05, 0.1) is 12.7 Å². The molecule has 1 aliphatic carbocycles. The Morgan fingerprint density at radius 2 is 2.28 bits per heavy atom. The Hall–Kier alpha value is -1.13. The molecule has 3 nitrogen and oxygen atoms in total. The standard InChI is InChI=1S/C14H18FNO2/c15-10-4-5-13-9(6-10)7-11(18-13)8-17-14-3-1-2-12(14)16/h4-6,11-12,14H,1-3,7-8,16H2. The number of halogens is 1. The first-order chi connectivity index (χ1) is 8.72. The van der Waals surface area contributed by atoms with Crippen molar-refractivity contribution in [2.24, 2.45) is 5.73 Å². The van der Waals surface area contributed by atoms with Gasteiger partial charge < -0.3 is 15.2 Å². The second kappa shape index (κ2) is 4.86. The zero-order chi connectivity index (χ0) is 12.5. The van der Waals surface area contributed by atoms with Gasteiger partial charge in [0.1, 0.15) is 17.7 Å². The number of hydrogen-bond acceptors (Lipinski definition) is 3. The SMILES string of the molecule is NC1CCCC1OCC1Cc2cc(F)ccc2O1. The molecule has 3 unspecified atom stereocenters. The van der Waals surface area contributed by atoms with Gasteiger partial charge in [-0.2, -0.15) is 0 Å².